The number of hydrogen-bond acceptors (Lipinski definition) is 7. The summed E-state index contributed by atoms with van der Waals surface area (Å²) in [6.45, 7) is 11.8. The summed E-state index contributed by atoms with van der Waals surface area (Å²) >= 11 is 0. The molecule has 1 amide bonds. The van der Waals surface area contributed by atoms with E-state index >= 15 is 0 Å². The third-order valence-electron chi connectivity index (χ3n) is 3.04. The van der Waals surface area contributed by atoms with Crippen LogP contribution in [0, 0.1) is 4.91 Å². The number of nitrogens with one attached hydrogen (secondary N) is 1. The maximum Gasteiger partial charge on any atom is 0.413 e. The van der Waals surface area contributed by atoms with Crippen molar-refractivity contribution in [3.05, 3.63) is 28.8 Å². The zero-order chi connectivity index (χ0) is 20.2. The number of aromatic nitrogens is 1. The lowest BCUT2D eigenvalue weighted by Crippen LogP contribution is -2.41. The molecular weight excluding hydrogens is 338 g/mol. The van der Waals surface area contributed by atoms with Crippen LogP contribution in [0.4, 0.5) is 10.6 Å². The van der Waals surface area contributed by atoms with Gasteiger partial charge in [-0.15, -0.1) is 4.91 Å². The van der Waals surface area contributed by atoms with E-state index in [0.29, 0.717) is 11.4 Å². The van der Waals surface area contributed by atoms with Gasteiger partial charge in [0, 0.05) is 12.6 Å². The molecule has 8 nitrogen and oxygen atoms in total. The van der Waals surface area contributed by atoms with Crippen LogP contribution in [-0.4, -0.2) is 33.8 Å². The monoisotopic (exact) mass is 365 g/mol. The second-order valence-corrected chi connectivity index (χ2v) is 8.22. The molecule has 0 spiro atoms. The molecule has 1 heterocycles. The van der Waals surface area contributed by atoms with E-state index in [1.807, 2.05) is 0 Å². The van der Waals surface area contributed by atoms with Gasteiger partial charge in [0.1, 0.15) is 17.0 Å². The number of rotatable bonds is 5. The van der Waals surface area contributed by atoms with Crippen molar-refractivity contribution in [2.24, 2.45) is 5.18 Å². The molecule has 1 aromatic rings. The molecule has 144 valence electrons. The minimum atomic E-state index is -1.56. The lowest BCUT2D eigenvalue weighted by molar-refractivity contribution is -0.160. The average molecular weight is 365 g/mol. The highest BCUT2D eigenvalue weighted by molar-refractivity contribution is 5.83. The Labute approximate surface area is 153 Å². The smallest absolute Gasteiger partial charge is 0.413 e. The van der Waals surface area contributed by atoms with E-state index in [-0.39, 0.29) is 6.42 Å². The Morgan fingerprint density at radius 3 is 2.04 bits per heavy atom. The third kappa shape index (κ3) is 7.16. The van der Waals surface area contributed by atoms with E-state index in [0.717, 1.165) is 0 Å². The largest absolute Gasteiger partial charge is 0.458 e. The van der Waals surface area contributed by atoms with Crippen LogP contribution >= 0.6 is 0 Å². The van der Waals surface area contributed by atoms with Crippen molar-refractivity contribution in [1.82, 2.24) is 4.98 Å². The number of pyridine rings is 1. The Morgan fingerprint density at radius 1 is 1.04 bits per heavy atom. The quantitative estimate of drug-likeness (QED) is 0.627. The number of esters is 1. The predicted molar refractivity (Wildman–Crippen MR) is 97.8 cm³/mol. The number of anilines is 1. The van der Waals surface area contributed by atoms with Gasteiger partial charge in [0.25, 0.3) is 0 Å². The van der Waals surface area contributed by atoms with Crippen molar-refractivity contribution < 1.29 is 19.1 Å². The second kappa shape index (κ2) is 7.80. The molecular formula is C18H27N3O5. The molecule has 0 unspecified atom stereocenters. The van der Waals surface area contributed by atoms with Crippen LogP contribution in [-0.2, 0) is 20.7 Å². The summed E-state index contributed by atoms with van der Waals surface area (Å²) in [6.07, 6.45) is 0.872. The second-order valence-electron chi connectivity index (χ2n) is 8.22. The summed E-state index contributed by atoms with van der Waals surface area (Å²) in [5.74, 6) is -0.406. The van der Waals surface area contributed by atoms with Gasteiger partial charge in [0.15, 0.2) is 0 Å². The Hall–Kier alpha value is -2.51. The number of hydrogen-bond donors (Lipinski definition) is 1. The standard InChI is InChI=1S/C18H27N3O5/c1-16(2,3)25-14(22)18(7,21-24)10-12-8-9-13(19-11-12)20-15(23)26-17(4,5)6/h8-9,11H,10H2,1-7H3,(H,19,20,23)/t18-/m0/s1. The van der Waals surface area contributed by atoms with Crippen LogP contribution in [0.3, 0.4) is 0 Å². The van der Waals surface area contributed by atoms with Crippen LogP contribution in [0.2, 0.25) is 0 Å². The molecule has 1 atom stereocenters. The fraction of sp³-hybridized carbons (Fsp3) is 0.611. The molecule has 0 saturated carbocycles. The fourth-order valence-electron chi connectivity index (χ4n) is 1.94. The lowest BCUT2D eigenvalue weighted by Gasteiger charge is -2.26. The van der Waals surface area contributed by atoms with E-state index in [2.05, 4.69) is 15.5 Å². The van der Waals surface area contributed by atoms with Crippen LogP contribution in [0.15, 0.2) is 23.5 Å². The van der Waals surface area contributed by atoms with E-state index in [9.17, 15) is 14.5 Å². The van der Waals surface area contributed by atoms with E-state index < -0.39 is 28.8 Å². The van der Waals surface area contributed by atoms with E-state index in [4.69, 9.17) is 9.47 Å². The van der Waals surface area contributed by atoms with Crippen LogP contribution < -0.4 is 5.32 Å². The molecule has 0 aliphatic carbocycles. The number of nitroso groups, excluding NO2 is 1. The summed E-state index contributed by atoms with van der Waals surface area (Å²) in [6, 6.07) is 3.20. The molecule has 0 fully saturated rings. The van der Waals surface area contributed by atoms with Crippen molar-refractivity contribution in [1.29, 1.82) is 0 Å². The molecule has 0 saturated heterocycles. The molecule has 0 radical (unpaired) electrons. The highest BCUT2D eigenvalue weighted by atomic mass is 16.6. The molecule has 0 aliphatic rings. The zero-order valence-electron chi connectivity index (χ0n) is 16.4. The number of carbonyl (C=O) groups is 2. The maximum absolute atomic E-state index is 12.3. The summed E-state index contributed by atoms with van der Waals surface area (Å²) in [5, 5.41) is 5.48. The first kappa shape index (κ1) is 21.5. The minimum absolute atomic E-state index is 0.0329. The van der Waals surface area contributed by atoms with Crippen molar-refractivity contribution >= 4 is 17.9 Å². The first-order chi connectivity index (χ1) is 11.7. The van der Waals surface area contributed by atoms with Crippen molar-refractivity contribution in [2.45, 2.75) is 71.6 Å². The van der Waals surface area contributed by atoms with Gasteiger partial charge in [-0.1, -0.05) is 11.2 Å². The van der Waals surface area contributed by atoms with Crippen LogP contribution in [0.25, 0.3) is 0 Å². The van der Waals surface area contributed by atoms with Gasteiger partial charge in [-0.3, -0.25) is 5.32 Å². The summed E-state index contributed by atoms with van der Waals surface area (Å²) < 4.78 is 10.4. The summed E-state index contributed by atoms with van der Waals surface area (Å²) in [5.41, 5.74) is -2.29. The summed E-state index contributed by atoms with van der Waals surface area (Å²) in [7, 11) is 0. The van der Waals surface area contributed by atoms with Crippen molar-refractivity contribution in [3.63, 3.8) is 0 Å². The van der Waals surface area contributed by atoms with Gasteiger partial charge in [0.05, 0.1) is 0 Å². The normalized spacial score (nSPS) is 14.1. The van der Waals surface area contributed by atoms with Gasteiger partial charge in [-0.2, -0.15) is 0 Å². The van der Waals surface area contributed by atoms with E-state index in [1.165, 1.54) is 13.1 Å². The Balaban J connectivity index is 2.80. The van der Waals surface area contributed by atoms with Crippen LogP contribution in [0.5, 0.6) is 0 Å². The highest BCUT2D eigenvalue weighted by Crippen LogP contribution is 2.23. The van der Waals surface area contributed by atoms with Crippen molar-refractivity contribution in [3.8, 4) is 0 Å². The fourth-order valence-corrected chi connectivity index (χ4v) is 1.94. The molecule has 1 N–H and O–H groups in total. The van der Waals surface area contributed by atoms with Crippen LogP contribution in [0.1, 0.15) is 54.0 Å². The van der Waals surface area contributed by atoms with Gasteiger partial charge in [-0.05, 0) is 60.1 Å². The lowest BCUT2D eigenvalue weighted by atomic mass is 9.94. The average Bonchev–Trinajstić information content (AvgIpc) is 2.45. The number of carbonyl (C=O) groups excluding carboxylic acids is 2. The molecule has 0 aromatic carbocycles. The van der Waals surface area contributed by atoms with Gasteiger partial charge >= 0.3 is 12.1 Å². The minimum Gasteiger partial charge on any atom is -0.458 e. The first-order valence-electron chi connectivity index (χ1n) is 8.27. The number of amides is 1. The first-order valence-corrected chi connectivity index (χ1v) is 8.27. The van der Waals surface area contributed by atoms with E-state index in [1.54, 1.807) is 53.7 Å². The van der Waals surface area contributed by atoms with Gasteiger partial charge in [0.2, 0.25) is 5.54 Å². The highest BCUT2D eigenvalue weighted by Gasteiger charge is 2.39. The Kier molecular flexibility index (Phi) is 6.46. The molecule has 0 aliphatic heterocycles. The van der Waals surface area contributed by atoms with Gasteiger partial charge < -0.3 is 9.47 Å². The van der Waals surface area contributed by atoms with Crippen molar-refractivity contribution in [2.75, 3.05) is 5.32 Å². The zero-order valence-corrected chi connectivity index (χ0v) is 16.4. The number of ether oxygens (including phenoxy) is 2. The maximum atomic E-state index is 12.3. The topological polar surface area (TPSA) is 107 Å². The Bertz CT molecular complexity index is 659. The summed E-state index contributed by atoms with van der Waals surface area (Å²) in [4.78, 5) is 39.3. The number of nitrogens with zero attached hydrogens (tertiary/aromatic N) is 2. The Morgan fingerprint density at radius 2 is 1.62 bits per heavy atom. The molecule has 8 heteroatoms. The predicted octanol–water partition coefficient (Wildman–Crippen LogP) is 3.84. The molecule has 1 aromatic heterocycles. The SMILES string of the molecule is CC(C)(C)OC(=O)Nc1ccc(C[C@](C)(N=O)C(=O)OC(C)(C)C)cn1. The molecule has 26 heavy (non-hydrogen) atoms. The molecule has 1 rings (SSSR count). The van der Waals surface area contributed by atoms with Gasteiger partial charge in [-0.25, -0.2) is 14.6 Å². The molecule has 0 bridgehead atoms. The third-order valence-corrected chi connectivity index (χ3v) is 3.04.